The quantitative estimate of drug-likeness (QED) is 0.920. The Labute approximate surface area is 119 Å². The SMILES string of the molecule is Cc1ccc(S(C)(=O)=O)cc1NC(C)Cc1ccco1. The lowest BCUT2D eigenvalue weighted by molar-refractivity contribution is 0.497. The van der Waals surface area contributed by atoms with Gasteiger partial charge in [-0.25, -0.2) is 8.42 Å². The van der Waals surface area contributed by atoms with Crippen LogP contribution in [-0.2, 0) is 16.3 Å². The summed E-state index contributed by atoms with van der Waals surface area (Å²) in [6, 6.07) is 9.07. The zero-order chi connectivity index (χ0) is 14.8. The highest BCUT2D eigenvalue weighted by Crippen LogP contribution is 2.21. The Hall–Kier alpha value is -1.75. The highest BCUT2D eigenvalue weighted by Gasteiger charge is 2.12. The summed E-state index contributed by atoms with van der Waals surface area (Å²) >= 11 is 0. The number of hydrogen-bond acceptors (Lipinski definition) is 4. The van der Waals surface area contributed by atoms with Crippen LogP contribution < -0.4 is 5.32 Å². The van der Waals surface area contributed by atoms with Crippen molar-refractivity contribution in [3.8, 4) is 0 Å². The third-order valence-electron chi connectivity index (χ3n) is 3.13. The van der Waals surface area contributed by atoms with E-state index >= 15 is 0 Å². The molecule has 1 N–H and O–H groups in total. The number of aryl methyl sites for hydroxylation is 1. The van der Waals surface area contributed by atoms with Crippen molar-refractivity contribution < 1.29 is 12.8 Å². The fourth-order valence-corrected chi connectivity index (χ4v) is 2.68. The maximum absolute atomic E-state index is 11.6. The largest absolute Gasteiger partial charge is 0.469 e. The summed E-state index contributed by atoms with van der Waals surface area (Å²) in [7, 11) is -3.19. The molecule has 4 nitrogen and oxygen atoms in total. The Morgan fingerprint density at radius 1 is 1.30 bits per heavy atom. The number of benzene rings is 1. The molecule has 0 radical (unpaired) electrons. The fraction of sp³-hybridized carbons (Fsp3) is 0.333. The Morgan fingerprint density at radius 2 is 2.05 bits per heavy atom. The molecule has 5 heteroatoms. The number of anilines is 1. The molecule has 0 saturated heterocycles. The number of sulfone groups is 1. The third kappa shape index (κ3) is 3.63. The minimum atomic E-state index is -3.19. The van der Waals surface area contributed by atoms with Crippen LogP contribution in [-0.4, -0.2) is 20.7 Å². The van der Waals surface area contributed by atoms with Gasteiger partial charge >= 0.3 is 0 Å². The lowest BCUT2D eigenvalue weighted by Gasteiger charge is -2.17. The molecule has 0 fully saturated rings. The highest BCUT2D eigenvalue weighted by molar-refractivity contribution is 7.90. The molecule has 0 saturated carbocycles. The maximum atomic E-state index is 11.6. The van der Waals surface area contributed by atoms with Gasteiger partial charge in [0.15, 0.2) is 9.84 Å². The van der Waals surface area contributed by atoms with Gasteiger partial charge < -0.3 is 9.73 Å². The monoisotopic (exact) mass is 293 g/mol. The molecule has 1 atom stereocenters. The van der Waals surface area contributed by atoms with Crippen LogP contribution in [0.25, 0.3) is 0 Å². The van der Waals surface area contributed by atoms with Crippen LogP contribution in [0.3, 0.4) is 0 Å². The Balaban J connectivity index is 2.16. The maximum Gasteiger partial charge on any atom is 0.175 e. The first-order valence-electron chi connectivity index (χ1n) is 6.46. The Bertz CT molecular complexity index is 675. The van der Waals surface area contributed by atoms with Gasteiger partial charge in [0, 0.05) is 24.4 Å². The van der Waals surface area contributed by atoms with Crippen molar-refractivity contribution in [3.05, 3.63) is 47.9 Å². The first kappa shape index (κ1) is 14.7. The van der Waals surface area contributed by atoms with Gasteiger partial charge in [0.2, 0.25) is 0 Å². The molecular formula is C15H19NO3S. The van der Waals surface area contributed by atoms with Crippen molar-refractivity contribution >= 4 is 15.5 Å². The second kappa shape index (κ2) is 5.71. The number of nitrogens with one attached hydrogen (secondary N) is 1. The van der Waals surface area contributed by atoms with E-state index in [9.17, 15) is 8.42 Å². The van der Waals surface area contributed by atoms with E-state index in [2.05, 4.69) is 5.32 Å². The first-order valence-corrected chi connectivity index (χ1v) is 8.35. The lowest BCUT2D eigenvalue weighted by Crippen LogP contribution is -2.18. The molecule has 1 aromatic carbocycles. The second-order valence-electron chi connectivity index (χ2n) is 5.08. The van der Waals surface area contributed by atoms with Crippen LogP contribution in [0.2, 0.25) is 0 Å². The number of furan rings is 1. The molecule has 2 aromatic rings. The third-order valence-corrected chi connectivity index (χ3v) is 4.24. The van der Waals surface area contributed by atoms with Gasteiger partial charge in [0.25, 0.3) is 0 Å². The molecule has 108 valence electrons. The van der Waals surface area contributed by atoms with Crippen LogP contribution in [0, 0.1) is 6.92 Å². The summed E-state index contributed by atoms with van der Waals surface area (Å²) in [4.78, 5) is 0.329. The molecule has 0 aliphatic carbocycles. The van der Waals surface area contributed by atoms with Crippen molar-refractivity contribution in [1.29, 1.82) is 0 Å². The fourth-order valence-electron chi connectivity index (χ4n) is 2.03. The molecule has 0 aliphatic heterocycles. The molecular weight excluding hydrogens is 274 g/mol. The minimum Gasteiger partial charge on any atom is -0.469 e. The topological polar surface area (TPSA) is 59.3 Å². The Kier molecular flexibility index (Phi) is 4.18. The van der Waals surface area contributed by atoms with Crippen LogP contribution in [0.15, 0.2) is 45.9 Å². The molecule has 20 heavy (non-hydrogen) atoms. The van der Waals surface area contributed by atoms with Crippen LogP contribution >= 0.6 is 0 Å². The number of rotatable bonds is 5. The van der Waals surface area contributed by atoms with E-state index in [0.717, 1.165) is 23.4 Å². The van der Waals surface area contributed by atoms with Gasteiger partial charge in [-0.1, -0.05) is 6.07 Å². The van der Waals surface area contributed by atoms with Gasteiger partial charge in [-0.2, -0.15) is 0 Å². The molecule has 1 unspecified atom stereocenters. The predicted octanol–water partition coefficient (Wildman–Crippen LogP) is 3.03. The van der Waals surface area contributed by atoms with E-state index in [1.54, 1.807) is 18.4 Å². The van der Waals surface area contributed by atoms with E-state index < -0.39 is 9.84 Å². The van der Waals surface area contributed by atoms with Crippen molar-refractivity contribution in [2.45, 2.75) is 31.2 Å². The summed E-state index contributed by atoms with van der Waals surface area (Å²) in [6.45, 7) is 3.99. The smallest absolute Gasteiger partial charge is 0.175 e. The second-order valence-corrected chi connectivity index (χ2v) is 7.09. The highest BCUT2D eigenvalue weighted by atomic mass is 32.2. The molecule has 1 heterocycles. The van der Waals surface area contributed by atoms with Crippen LogP contribution in [0.1, 0.15) is 18.2 Å². The Morgan fingerprint density at radius 3 is 2.65 bits per heavy atom. The normalized spacial score (nSPS) is 13.2. The van der Waals surface area contributed by atoms with Crippen molar-refractivity contribution in [2.24, 2.45) is 0 Å². The van der Waals surface area contributed by atoms with E-state index in [0.29, 0.717) is 4.90 Å². The molecule has 0 bridgehead atoms. The lowest BCUT2D eigenvalue weighted by atomic mass is 10.1. The summed E-state index contributed by atoms with van der Waals surface area (Å²) in [5, 5.41) is 3.34. The van der Waals surface area contributed by atoms with Gasteiger partial charge in [-0.15, -0.1) is 0 Å². The van der Waals surface area contributed by atoms with Gasteiger partial charge in [0.05, 0.1) is 11.2 Å². The number of hydrogen-bond donors (Lipinski definition) is 1. The average Bonchev–Trinajstić information content (AvgIpc) is 2.83. The van der Waals surface area contributed by atoms with Gasteiger partial charge in [-0.3, -0.25) is 0 Å². The summed E-state index contributed by atoms with van der Waals surface area (Å²) in [5.41, 5.74) is 1.86. The predicted molar refractivity (Wildman–Crippen MR) is 79.8 cm³/mol. The summed E-state index contributed by atoms with van der Waals surface area (Å²) < 4.78 is 28.5. The van der Waals surface area contributed by atoms with E-state index in [-0.39, 0.29) is 6.04 Å². The van der Waals surface area contributed by atoms with Crippen molar-refractivity contribution in [2.75, 3.05) is 11.6 Å². The van der Waals surface area contributed by atoms with E-state index in [1.165, 1.54) is 6.26 Å². The molecule has 1 aromatic heterocycles. The van der Waals surface area contributed by atoms with Crippen molar-refractivity contribution in [3.63, 3.8) is 0 Å². The summed E-state index contributed by atoms with van der Waals surface area (Å²) in [5.74, 6) is 0.905. The zero-order valence-electron chi connectivity index (χ0n) is 11.9. The van der Waals surface area contributed by atoms with Crippen molar-refractivity contribution in [1.82, 2.24) is 0 Å². The standard InChI is InChI=1S/C15H19NO3S/c1-11-6-7-14(20(3,17)18)10-15(11)16-12(2)9-13-5-4-8-19-13/h4-8,10,12,16H,9H2,1-3H3. The van der Waals surface area contributed by atoms with Crippen LogP contribution in [0.5, 0.6) is 0 Å². The summed E-state index contributed by atoms with van der Waals surface area (Å²) in [6.07, 6.45) is 3.61. The van der Waals surface area contributed by atoms with Crippen LogP contribution in [0.4, 0.5) is 5.69 Å². The minimum absolute atomic E-state index is 0.148. The molecule has 0 spiro atoms. The average molecular weight is 293 g/mol. The van der Waals surface area contributed by atoms with Gasteiger partial charge in [0.1, 0.15) is 5.76 Å². The zero-order valence-corrected chi connectivity index (χ0v) is 12.7. The van der Waals surface area contributed by atoms with E-state index in [4.69, 9.17) is 4.42 Å². The molecule has 0 amide bonds. The van der Waals surface area contributed by atoms with Gasteiger partial charge in [-0.05, 0) is 43.7 Å². The van der Waals surface area contributed by atoms with E-state index in [1.807, 2.05) is 32.0 Å². The molecule has 0 aliphatic rings. The molecule has 2 rings (SSSR count). The first-order chi connectivity index (χ1) is 9.36.